The van der Waals surface area contributed by atoms with E-state index in [9.17, 15) is 28.3 Å². The molecule has 0 spiro atoms. The second kappa shape index (κ2) is 8.32. The number of carboxylic acids is 1. The summed E-state index contributed by atoms with van der Waals surface area (Å²) in [7, 11) is 0. The van der Waals surface area contributed by atoms with Crippen molar-refractivity contribution < 1.29 is 47.2 Å². The molecule has 0 unspecified atom stereocenters. The predicted molar refractivity (Wildman–Crippen MR) is 131 cm³/mol. The van der Waals surface area contributed by atoms with E-state index in [-0.39, 0.29) is 30.6 Å². The average Bonchev–Trinajstić information content (AvgIpc) is 3.31. The molecule has 1 saturated carbocycles. The molecule has 10 nitrogen and oxygen atoms in total. The van der Waals surface area contributed by atoms with Crippen LogP contribution in [0.2, 0.25) is 0 Å². The molecule has 1 saturated heterocycles. The summed E-state index contributed by atoms with van der Waals surface area (Å²) in [4.78, 5) is 36.9. The lowest BCUT2D eigenvalue weighted by atomic mass is 9.89. The molecule has 3 aliphatic rings. The fraction of sp³-hybridized carbons (Fsp3) is 0.370. The van der Waals surface area contributed by atoms with Gasteiger partial charge >= 0.3 is 18.4 Å². The van der Waals surface area contributed by atoms with Gasteiger partial charge in [0.05, 0.1) is 12.0 Å². The molecule has 1 atom stereocenters. The molecule has 2 N–H and O–H groups in total. The van der Waals surface area contributed by atoms with Crippen molar-refractivity contribution in [3.63, 3.8) is 0 Å². The van der Waals surface area contributed by atoms with Gasteiger partial charge in [0.25, 0.3) is 0 Å². The Labute approximate surface area is 220 Å². The number of cyclic esters (lactones) is 2. The van der Waals surface area contributed by atoms with Crippen LogP contribution < -0.4 is 14.8 Å². The third kappa shape index (κ3) is 4.19. The highest BCUT2D eigenvalue weighted by Crippen LogP contribution is 2.52. The number of hydrogen-bond donors (Lipinski definition) is 2. The SMILES string of the molecule is CC(C)(C(=O)O)c1cc2cc(NC(=O)C3(c4ccc5c(c4)OC(F)(F)O5)CC3)ccc2n1C[C@@H]1COC(=O)O1. The third-order valence-electron chi connectivity index (χ3n) is 7.51. The maximum Gasteiger partial charge on any atom is 0.586 e. The number of ether oxygens (including phenoxy) is 4. The van der Waals surface area contributed by atoms with Gasteiger partial charge in [-0.2, -0.15) is 0 Å². The first-order valence-corrected chi connectivity index (χ1v) is 12.3. The monoisotopic (exact) mass is 542 g/mol. The molecule has 0 bridgehead atoms. The molecule has 1 aromatic heterocycles. The molecule has 1 amide bonds. The van der Waals surface area contributed by atoms with Crippen molar-refractivity contribution in [2.45, 2.75) is 56.5 Å². The van der Waals surface area contributed by atoms with Gasteiger partial charge in [0.1, 0.15) is 12.0 Å². The molecule has 204 valence electrons. The molecule has 2 fully saturated rings. The van der Waals surface area contributed by atoms with Crippen LogP contribution in [0.15, 0.2) is 42.5 Å². The van der Waals surface area contributed by atoms with Gasteiger partial charge < -0.3 is 33.9 Å². The van der Waals surface area contributed by atoms with Crippen molar-refractivity contribution in [2.75, 3.05) is 11.9 Å². The van der Waals surface area contributed by atoms with Gasteiger partial charge in [0, 0.05) is 22.3 Å². The number of nitrogens with zero attached hydrogens (tertiary/aromatic N) is 1. The standard InChI is InChI=1S/C27H24F2N2O8/c1-25(2,23(33)34)21-10-14-9-16(4-5-18(14)31(21)12-17-13-36-24(35)37-17)30-22(32)26(7-8-26)15-3-6-19-20(11-15)39-27(28,29)38-19/h3-6,9-11,17H,7-8,12-13H2,1-2H3,(H,30,32)(H,33,34)/t17-/m1/s1. The number of benzene rings is 2. The van der Waals surface area contributed by atoms with Crippen molar-refractivity contribution in [2.24, 2.45) is 0 Å². The molecule has 0 radical (unpaired) electrons. The lowest BCUT2D eigenvalue weighted by Gasteiger charge is -2.23. The van der Waals surface area contributed by atoms with Gasteiger partial charge in [0.2, 0.25) is 5.91 Å². The molecular weight excluding hydrogens is 518 g/mol. The number of amides is 1. The minimum absolute atomic E-state index is 0.0547. The lowest BCUT2D eigenvalue weighted by Crippen LogP contribution is -2.33. The van der Waals surface area contributed by atoms with Crippen LogP contribution in [0.25, 0.3) is 10.9 Å². The zero-order valence-corrected chi connectivity index (χ0v) is 21.0. The summed E-state index contributed by atoms with van der Waals surface area (Å²) in [6.45, 7) is 3.41. The molecular formula is C27H24F2N2O8. The molecule has 6 rings (SSSR count). The van der Waals surface area contributed by atoms with E-state index in [2.05, 4.69) is 14.8 Å². The van der Waals surface area contributed by atoms with Gasteiger partial charge in [-0.1, -0.05) is 6.07 Å². The Hall–Kier alpha value is -4.35. The second-order valence-corrected chi connectivity index (χ2v) is 10.5. The number of halogens is 2. The van der Waals surface area contributed by atoms with Gasteiger partial charge in [-0.3, -0.25) is 9.59 Å². The van der Waals surface area contributed by atoms with Crippen LogP contribution in [0.5, 0.6) is 11.5 Å². The molecule has 2 aromatic carbocycles. The first kappa shape index (κ1) is 25.0. The Balaban J connectivity index is 1.29. The minimum atomic E-state index is -3.74. The number of rotatable bonds is 7. The highest BCUT2D eigenvalue weighted by atomic mass is 19.3. The summed E-state index contributed by atoms with van der Waals surface area (Å²) in [5, 5.41) is 13.5. The van der Waals surface area contributed by atoms with Crippen molar-refractivity contribution in [3.8, 4) is 11.5 Å². The largest absolute Gasteiger partial charge is 0.586 e. The lowest BCUT2D eigenvalue weighted by molar-refractivity contribution is -0.286. The Morgan fingerprint density at radius 1 is 1.10 bits per heavy atom. The number of alkyl halides is 2. The van der Waals surface area contributed by atoms with Crippen LogP contribution in [0.3, 0.4) is 0 Å². The van der Waals surface area contributed by atoms with Gasteiger partial charge in [-0.15, -0.1) is 8.78 Å². The highest BCUT2D eigenvalue weighted by Gasteiger charge is 2.53. The van der Waals surface area contributed by atoms with Crippen LogP contribution in [0, 0.1) is 0 Å². The third-order valence-corrected chi connectivity index (χ3v) is 7.51. The number of hydrogen-bond acceptors (Lipinski definition) is 7. The van der Waals surface area contributed by atoms with Crippen molar-refractivity contribution in [1.82, 2.24) is 4.57 Å². The first-order chi connectivity index (χ1) is 18.4. The summed E-state index contributed by atoms with van der Waals surface area (Å²) in [5.74, 6) is -1.54. The number of aromatic nitrogens is 1. The Morgan fingerprint density at radius 2 is 1.85 bits per heavy atom. The van der Waals surface area contributed by atoms with Crippen LogP contribution in [-0.2, 0) is 36.4 Å². The summed E-state index contributed by atoms with van der Waals surface area (Å²) >= 11 is 0. The summed E-state index contributed by atoms with van der Waals surface area (Å²) in [5.41, 5.74) is 0.0649. The van der Waals surface area contributed by atoms with Crippen molar-refractivity contribution >= 4 is 34.6 Å². The van der Waals surface area contributed by atoms with E-state index >= 15 is 0 Å². The summed E-state index contributed by atoms with van der Waals surface area (Å²) < 4.78 is 47.7. The summed E-state index contributed by atoms with van der Waals surface area (Å²) in [6.07, 6.45) is -4.02. The number of carbonyl (C=O) groups excluding carboxylic acids is 2. The Bertz CT molecular complexity index is 1540. The number of carboxylic acid groups (broad SMARTS) is 1. The van der Waals surface area contributed by atoms with Gasteiger partial charge in [-0.05, 0) is 68.7 Å². The zero-order valence-electron chi connectivity index (χ0n) is 21.0. The molecule has 1 aliphatic carbocycles. The van der Waals surface area contributed by atoms with Crippen LogP contribution >= 0.6 is 0 Å². The van der Waals surface area contributed by atoms with Gasteiger partial charge in [0.15, 0.2) is 17.6 Å². The molecule has 3 heterocycles. The number of carbonyl (C=O) groups is 3. The predicted octanol–water partition coefficient (Wildman–Crippen LogP) is 4.53. The van der Waals surface area contributed by atoms with E-state index in [4.69, 9.17) is 9.47 Å². The average molecular weight is 542 g/mol. The van der Waals surface area contributed by atoms with Crippen LogP contribution in [0.1, 0.15) is 37.9 Å². The van der Waals surface area contributed by atoms with E-state index in [0.29, 0.717) is 40.7 Å². The fourth-order valence-corrected chi connectivity index (χ4v) is 5.10. The van der Waals surface area contributed by atoms with Gasteiger partial charge in [-0.25, -0.2) is 4.79 Å². The quantitative estimate of drug-likeness (QED) is 0.417. The number of fused-ring (bicyclic) bond motifs is 2. The maximum absolute atomic E-state index is 13.4. The number of nitrogens with one attached hydrogen (secondary N) is 1. The van der Waals surface area contributed by atoms with Crippen molar-refractivity contribution in [3.05, 3.63) is 53.7 Å². The topological polar surface area (TPSA) is 125 Å². The highest BCUT2D eigenvalue weighted by molar-refractivity contribution is 6.02. The van der Waals surface area contributed by atoms with E-state index in [0.717, 1.165) is 0 Å². The maximum atomic E-state index is 13.4. The first-order valence-electron chi connectivity index (χ1n) is 12.3. The van der Waals surface area contributed by atoms with E-state index in [1.54, 1.807) is 48.7 Å². The second-order valence-electron chi connectivity index (χ2n) is 10.5. The fourth-order valence-electron chi connectivity index (χ4n) is 5.10. The molecule has 3 aromatic rings. The van der Waals surface area contributed by atoms with E-state index in [1.165, 1.54) is 12.1 Å². The van der Waals surface area contributed by atoms with Crippen LogP contribution in [0.4, 0.5) is 19.3 Å². The Kier molecular flexibility index (Phi) is 5.33. The molecule has 2 aliphatic heterocycles. The van der Waals surface area contributed by atoms with E-state index < -0.39 is 35.4 Å². The number of anilines is 1. The van der Waals surface area contributed by atoms with Crippen LogP contribution in [-0.4, -0.2) is 46.7 Å². The molecule has 12 heteroatoms. The minimum Gasteiger partial charge on any atom is -0.481 e. The smallest absolute Gasteiger partial charge is 0.481 e. The normalized spacial score (nSPS) is 20.4. The zero-order chi connectivity index (χ0) is 27.7. The van der Waals surface area contributed by atoms with Crippen molar-refractivity contribution in [1.29, 1.82) is 0 Å². The Morgan fingerprint density at radius 3 is 2.51 bits per heavy atom. The summed E-state index contributed by atoms with van der Waals surface area (Å²) in [6, 6.07) is 11.3. The number of aliphatic carboxylic acids is 1. The van der Waals surface area contributed by atoms with E-state index in [1.807, 2.05) is 0 Å². The molecule has 39 heavy (non-hydrogen) atoms.